The quantitative estimate of drug-likeness (QED) is 0.250. The lowest BCUT2D eigenvalue weighted by atomic mass is 9.95. The first-order valence-electron chi connectivity index (χ1n) is 13.9. The molecular formula is C35H28FN3O4S. The second-order valence-electron chi connectivity index (χ2n) is 10.1. The molecule has 1 atom stereocenters. The van der Waals surface area contributed by atoms with Gasteiger partial charge in [-0.25, -0.2) is 9.38 Å². The molecule has 220 valence electrons. The van der Waals surface area contributed by atoms with Crippen LogP contribution in [0.3, 0.4) is 0 Å². The number of carbonyl (C=O) groups is 1. The Kier molecular flexibility index (Phi) is 8.21. The molecule has 1 amide bonds. The van der Waals surface area contributed by atoms with Crippen LogP contribution in [0.5, 0.6) is 11.5 Å². The van der Waals surface area contributed by atoms with Gasteiger partial charge in [0.25, 0.3) is 11.5 Å². The Morgan fingerprint density at radius 3 is 2.43 bits per heavy atom. The number of allylic oxidation sites excluding steroid dienone is 1. The Balaban J connectivity index is 1.43. The molecule has 5 aromatic rings. The molecule has 0 spiro atoms. The molecule has 1 N–H and O–H groups in total. The van der Waals surface area contributed by atoms with Crippen LogP contribution >= 0.6 is 11.3 Å². The van der Waals surface area contributed by atoms with E-state index in [2.05, 4.69) is 5.32 Å². The molecule has 0 aliphatic carbocycles. The summed E-state index contributed by atoms with van der Waals surface area (Å²) in [6.07, 6.45) is 1.74. The van der Waals surface area contributed by atoms with Gasteiger partial charge in [-0.15, -0.1) is 0 Å². The summed E-state index contributed by atoms with van der Waals surface area (Å²) < 4.78 is 27.5. The second kappa shape index (κ2) is 12.5. The van der Waals surface area contributed by atoms with Crippen molar-refractivity contribution < 1.29 is 18.7 Å². The fourth-order valence-electron chi connectivity index (χ4n) is 5.08. The Morgan fingerprint density at radius 2 is 1.68 bits per heavy atom. The molecule has 1 aliphatic rings. The van der Waals surface area contributed by atoms with E-state index in [-0.39, 0.29) is 23.9 Å². The molecule has 0 fully saturated rings. The standard InChI is InChI=1S/C35H28FN3O4S/c1-22-31(33(40)38-26-12-4-3-5-13-26)32(23-16-18-27(42-2)19-17-23)39-34(41)30(44-35(39)37-22)20-24-10-7-9-15-29(24)43-21-25-11-6-8-14-28(25)36/h3-20,32H,21H2,1-2H3,(H,38,40)/b30-20+/t32-/m0/s1. The molecule has 0 bridgehead atoms. The molecule has 7 nitrogen and oxygen atoms in total. The zero-order valence-electron chi connectivity index (χ0n) is 24.0. The van der Waals surface area contributed by atoms with Gasteiger partial charge in [0, 0.05) is 16.8 Å². The van der Waals surface area contributed by atoms with Crippen LogP contribution in [0, 0.1) is 5.82 Å². The lowest BCUT2D eigenvalue weighted by Crippen LogP contribution is -2.40. The van der Waals surface area contributed by atoms with Crippen molar-refractivity contribution in [2.24, 2.45) is 4.99 Å². The lowest BCUT2D eigenvalue weighted by Gasteiger charge is -2.25. The van der Waals surface area contributed by atoms with E-state index < -0.39 is 6.04 Å². The summed E-state index contributed by atoms with van der Waals surface area (Å²) in [5, 5.41) is 2.96. The van der Waals surface area contributed by atoms with Crippen molar-refractivity contribution in [3.8, 4) is 11.5 Å². The van der Waals surface area contributed by atoms with Gasteiger partial charge in [0.15, 0.2) is 4.80 Å². The van der Waals surface area contributed by atoms with Gasteiger partial charge in [0.2, 0.25) is 0 Å². The normalized spacial score (nSPS) is 14.5. The highest BCUT2D eigenvalue weighted by molar-refractivity contribution is 7.07. The van der Waals surface area contributed by atoms with Gasteiger partial charge >= 0.3 is 0 Å². The molecular weight excluding hydrogens is 577 g/mol. The van der Waals surface area contributed by atoms with E-state index in [1.807, 2.05) is 48.5 Å². The number of rotatable bonds is 8. The molecule has 0 saturated heterocycles. The van der Waals surface area contributed by atoms with E-state index in [1.165, 1.54) is 17.4 Å². The number of hydrogen-bond acceptors (Lipinski definition) is 6. The van der Waals surface area contributed by atoms with Gasteiger partial charge in [-0.05, 0) is 55.0 Å². The highest BCUT2D eigenvalue weighted by atomic mass is 32.1. The Bertz CT molecular complexity index is 2050. The summed E-state index contributed by atoms with van der Waals surface area (Å²) in [6.45, 7) is 1.81. The smallest absolute Gasteiger partial charge is 0.271 e. The number of nitrogens with one attached hydrogen (secondary N) is 1. The first kappa shape index (κ1) is 28.8. The fourth-order valence-corrected chi connectivity index (χ4v) is 6.11. The largest absolute Gasteiger partial charge is 0.497 e. The summed E-state index contributed by atoms with van der Waals surface area (Å²) in [7, 11) is 1.58. The van der Waals surface area contributed by atoms with Crippen molar-refractivity contribution in [2.45, 2.75) is 19.6 Å². The Labute approximate surface area is 256 Å². The predicted octanol–water partition coefficient (Wildman–Crippen LogP) is 5.60. The summed E-state index contributed by atoms with van der Waals surface area (Å²) in [6, 6.07) is 29.4. The monoisotopic (exact) mass is 605 g/mol. The molecule has 1 aliphatic heterocycles. The maximum absolute atomic E-state index is 14.2. The minimum absolute atomic E-state index is 0.0370. The summed E-state index contributed by atoms with van der Waals surface area (Å²) in [5.41, 5.74) is 3.05. The first-order valence-corrected chi connectivity index (χ1v) is 14.7. The van der Waals surface area contributed by atoms with Crippen molar-refractivity contribution >= 4 is 29.0 Å². The van der Waals surface area contributed by atoms with Crippen LogP contribution in [-0.2, 0) is 11.4 Å². The van der Waals surface area contributed by atoms with Crippen molar-refractivity contribution in [3.63, 3.8) is 0 Å². The lowest BCUT2D eigenvalue weighted by molar-refractivity contribution is -0.113. The first-order chi connectivity index (χ1) is 21.4. The number of carbonyl (C=O) groups excluding carboxylic acids is 1. The van der Waals surface area contributed by atoms with Crippen molar-refractivity contribution in [1.82, 2.24) is 4.57 Å². The van der Waals surface area contributed by atoms with E-state index in [0.717, 1.165) is 5.56 Å². The summed E-state index contributed by atoms with van der Waals surface area (Å²) >= 11 is 1.23. The number of thiazole rings is 1. The number of anilines is 1. The highest BCUT2D eigenvalue weighted by Gasteiger charge is 2.32. The number of nitrogens with zero attached hydrogens (tertiary/aromatic N) is 2. The number of aromatic nitrogens is 1. The van der Waals surface area contributed by atoms with Gasteiger partial charge in [-0.1, -0.05) is 78.1 Å². The van der Waals surface area contributed by atoms with Crippen LogP contribution in [0.4, 0.5) is 10.1 Å². The molecule has 9 heteroatoms. The average molecular weight is 606 g/mol. The second-order valence-corrected chi connectivity index (χ2v) is 11.1. The predicted molar refractivity (Wildman–Crippen MR) is 169 cm³/mol. The van der Waals surface area contributed by atoms with Crippen LogP contribution in [0.15, 0.2) is 124 Å². The topological polar surface area (TPSA) is 81.9 Å². The minimum atomic E-state index is -0.726. The minimum Gasteiger partial charge on any atom is -0.497 e. The van der Waals surface area contributed by atoms with Gasteiger partial charge in [0.1, 0.15) is 23.9 Å². The van der Waals surface area contributed by atoms with Crippen molar-refractivity contribution in [2.75, 3.05) is 12.4 Å². The summed E-state index contributed by atoms with van der Waals surface area (Å²) in [4.78, 5) is 33.0. The average Bonchev–Trinajstić information content (AvgIpc) is 3.34. The molecule has 0 unspecified atom stereocenters. The maximum atomic E-state index is 14.2. The molecule has 2 heterocycles. The van der Waals surface area contributed by atoms with Crippen LogP contribution < -0.4 is 29.7 Å². The molecule has 6 rings (SSSR count). The zero-order chi connectivity index (χ0) is 30.6. The van der Waals surface area contributed by atoms with E-state index >= 15 is 0 Å². The number of methoxy groups -OCH3 is 1. The van der Waals surface area contributed by atoms with Crippen LogP contribution in [0.25, 0.3) is 6.08 Å². The molecule has 0 saturated carbocycles. The van der Waals surface area contributed by atoms with E-state index in [9.17, 15) is 14.0 Å². The Hall–Kier alpha value is -5.28. The number of benzene rings is 4. The van der Waals surface area contributed by atoms with E-state index in [1.54, 1.807) is 73.2 Å². The van der Waals surface area contributed by atoms with Crippen LogP contribution in [0.1, 0.15) is 29.7 Å². The highest BCUT2D eigenvalue weighted by Crippen LogP contribution is 2.32. The van der Waals surface area contributed by atoms with Gasteiger partial charge in [0.05, 0.1) is 29.0 Å². The summed E-state index contributed by atoms with van der Waals surface area (Å²) in [5.74, 6) is 0.468. The molecule has 44 heavy (non-hydrogen) atoms. The van der Waals surface area contributed by atoms with E-state index in [0.29, 0.717) is 48.9 Å². The number of fused-ring (bicyclic) bond motifs is 1. The van der Waals surface area contributed by atoms with Gasteiger partial charge < -0.3 is 14.8 Å². The van der Waals surface area contributed by atoms with Gasteiger partial charge in [-0.3, -0.25) is 14.2 Å². The molecule has 0 radical (unpaired) electrons. The number of hydrogen-bond donors (Lipinski definition) is 1. The number of ether oxygens (including phenoxy) is 2. The SMILES string of the molecule is COc1ccc([C@H]2C(C(=O)Nc3ccccc3)=C(C)N=c3s/c(=C/c4ccccc4OCc4ccccc4F)c(=O)n32)cc1. The van der Waals surface area contributed by atoms with Crippen molar-refractivity contribution in [3.05, 3.63) is 157 Å². The van der Waals surface area contributed by atoms with Crippen molar-refractivity contribution in [1.29, 1.82) is 0 Å². The van der Waals surface area contributed by atoms with Gasteiger partial charge in [-0.2, -0.15) is 0 Å². The number of amides is 1. The Morgan fingerprint density at radius 1 is 0.977 bits per heavy atom. The molecule has 4 aromatic carbocycles. The third-order valence-corrected chi connectivity index (χ3v) is 8.26. The molecule has 1 aromatic heterocycles. The third kappa shape index (κ3) is 5.82. The number of halogens is 1. The van der Waals surface area contributed by atoms with Crippen LogP contribution in [-0.4, -0.2) is 17.6 Å². The van der Waals surface area contributed by atoms with Crippen LogP contribution in [0.2, 0.25) is 0 Å². The fraction of sp³-hybridized carbons (Fsp3) is 0.114. The zero-order valence-corrected chi connectivity index (χ0v) is 24.8. The third-order valence-electron chi connectivity index (χ3n) is 7.28. The van der Waals surface area contributed by atoms with E-state index in [4.69, 9.17) is 14.5 Å². The number of para-hydroxylation sites is 2. The maximum Gasteiger partial charge on any atom is 0.271 e.